The van der Waals surface area contributed by atoms with Gasteiger partial charge in [-0.2, -0.15) is 0 Å². The Balaban J connectivity index is 1.84. The van der Waals surface area contributed by atoms with Crippen molar-refractivity contribution in [3.63, 3.8) is 0 Å². The second kappa shape index (κ2) is 12.1. The van der Waals surface area contributed by atoms with Gasteiger partial charge >= 0.3 is 0 Å². The lowest BCUT2D eigenvalue weighted by Crippen LogP contribution is -2.29. The predicted octanol–water partition coefficient (Wildman–Crippen LogP) is 6.20. The third-order valence-corrected chi connectivity index (χ3v) is 6.80. The van der Waals surface area contributed by atoms with Crippen LogP contribution in [0.25, 0.3) is 5.76 Å². The topological polar surface area (TPSA) is 79.3 Å². The number of Topliss-reactive ketones (excluding diaryl/α,β-unsaturated/α-hetero) is 1. The van der Waals surface area contributed by atoms with Crippen molar-refractivity contribution in [1.82, 2.24) is 0 Å². The van der Waals surface area contributed by atoms with Gasteiger partial charge in [-0.25, -0.2) is 0 Å². The average molecular weight is 529 g/mol. The molecule has 0 aromatic heterocycles. The highest BCUT2D eigenvalue weighted by atomic mass is 16.5. The summed E-state index contributed by atoms with van der Waals surface area (Å²) in [6.45, 7) is 10.5. The van der Waals surface area contributed by atoms with Crippen LogP contribution in [-0.4, -0.2) is 43.6 Å². The van der Waals surface area contributed by atoms with E-state index in [1.807, 2.05) is 44.2 Å². The van der Waals surface area contributed by atoms with Crippen LogP contribution < -0.4 is 19.3 Å². The molecule has 1 unspecified atom stereocenters. The fourth-order valence-corrected chi connectivity index (χ4v) is 4.79. The number of aliphatic hydroxyl groups is 1. The number of ketones is 1. The summed E-state index contributed by atoms with van der Waals surface area (Å²) in [6.07, 6.45) is 0. The monoisotopic (exact) mass is 528 g/mol. The minimum absolute atomic E-state index is 0.0158. The summed E-state index contributed by atoms with van der Waals surface area (Å²) in [4.78, 5) is 30.7. The number of anilines is 2. The second-order valence-corrected chi connectivity index (χ2v) is 9.87. The van der Waals surface area contributed by atoms with Gasteiger partial charge < -0.3 is 19.5 Å². The molecule has 1 saturated heterocycles. The van der Waals surface area contributed by atoms with E-state index in [4.69, 9.17) is 9.47 Å². The number of rotatable bonds is 10. The van der Waals surface area contributed by atoms with Gasteiger partial charge in [-0.15, -0.1) is 0 Å². The molecule has 1 aliphatic rings. The molecule has 3 aromatic carbocycles. The highest BCUT2D eigenvalue weighted by molar-refractivity contribution is 6.51. The van der Waals surface area contributed by atoms with E-state index in [-0.39, 0.29) is 11.3 Å². The van der Waals surface area contributed by atoms with Crippen molar-refractivity contribution < 1.29 is 24.2 Å². The van der Waals surface area contributed by atoms with Crippen LogP contribution >= 0.6 is 0 Å². The Kier molecular flexibility index (Phi) is 8.59. The van der Waals surface area contributed by atoms with E-state index in [9.17, 15) is 14.7 Å². The number of ether oxygens (including phenoxy) is 2. The Morgan fingerprint density at radius 3 is 2.26 bits per heavy atom. The molecule has 204 valence electrons. The molecule has 1 amide bonds. The minimum Gasteiger partial charge on any atom is -0.507 e. The average Bonchev–Trinajstić information content (AvgIpc) is 3.22. The SMILES string of the molecule is CCN(CC)c1ccc(N2C(=O)C(=O)/C(=C(\O)c3cccc(OCC(C)C)c3)C2c2cccc(OC)c2)cc1. The van der Waals surface area contributed by atoms with E-state index in [1.54, 1.807) is 49.6 Å². The van der Waals surface area contributed by atoms with E-state index >= 15 is 0 Å². The Hall–Kier alpha value is -4.26. The molecule has 1 fully saturated rings. The Morgan fingerprint density at radius 1 is 0.949 bits per heavy atom. The molecule has 39 heavy (non-hydrogen) atoms. The zero-order valence-electron chi connectivity index (χ0n) is 23.2. The van der Waals surface area contributed by atoms with Crippen LogP contribution in [0.4, 0.5) is 11.4 Å². The van der Waals surface area contributed by atoms with E-state index < -0.39 is 17.7 Å². The third-order valence-electron chi connectivity index (χ3n) is 6.80. The predicted molar refractivity (Wildman–Crippen MR) is 155 cm³/mol. The van der Waals surface area contributed by atoms with Crippen LogP contribution in [0.15, 0.2) is 78.4 Å². The number of carbonyl (C=O) groups is 2. The van der Waals surface area contributed by atoms with Gasteiger partial charge in [0.2, 0.25) is 0 Å². The molecule has 0 saturated carbocycles. The Bertz CT molecular complexity index is 1360. The minimum atomic E-state index is -0.848. The van der Waals surface area contributed by atoms with Gasteiger partial charge in [-0.05, 0) is 73.9 Å². The van der Waals surface area contributed by atoms with Crippen molar-refractivity contribution >= 4 is 28.8 Å². The molecule has 1 heterocycles. The number of methoxy groups -OCH3 is 1. The number of hydrogen-bond donors (Lipinski definition) is 1. The van der Waals surface area contributed by atoms with Crippen molar-refractivity contribution in [2.75, 3.05) is 36.6 Å². The maximum Gasteiger partial charge on any atom is 0.300 e. The first-order chi connectivity index (χ1) is 18.8. The maximum absolute atomic E-state index is 13.5. The number of aliphatic hydroxyl groups excluding tert-OH is 1. The van der Waals surface area contributed by atoms with Crippen molar-refractivity contribution in [3.8, 4) is 11.5 Å². The first-order valence-corrected chi connectivity index (χ1v) is 13.3. The van der Waals surface area contributed by atoms with Gasteiger partial charge in [0.25, 0.3) is 11.7 Å². The first kappa shape index (κ1) is 27.8. The van der Waals surface area contributed by atoms with Crippen LogP contribution in [0.3, 0.4) is 0 Å². The van der Waals surface area contributed by atoms with Crippen LogP contribution in [0.5, 0.6) is 11.5 Å². The normalized spacial score (nSPS) is 16.6. The van der Waals surface area contributed by atoms with Crippen molar-refractivity contribution in [2.45, 2.75) is 33.7 Å². The number of nitrogens with zero attached hydrogens (tertiary/aromatic N) is 2. The lowest BCUT2D eigenvalue weighted by molar-refractivity contribution is -0.132. The van der Waals surface area contributed by atoms with E-state index in [2.05, 4.69) is 18.7 Å². The highest BCUT2D eigenvalue weighted by Crippen LogP contribution is 2.43. The molecule has 3 aromatic rings. The number of benzene rings is 3. The van der Waals surface area contributed by atoms with Gasteiger partial charge in [0, 0.05) is 30.0 Å². The lowest BCUT2D eigenvalue weighted by Gasteiger charge is -2.27. The largest absolute Gasteiger partial charge is 0.507 e. The number of carbonyl (C=O) groups excluding carboxylic acids is 2. The zero-order valence-corrected chi connectivity index (χ0v) is 23.2. The van der Waals surface area contributed by atoms with Gasteiger partial charge in [-0.1, -0.05) is 38.1 Å². The van der Waals surface area contributed by atoms with Crippen LogP contribution in [0.2, 0.25) is 0 Å². The summed E-state index contributed by atoms with van der Waals surface area (Å²) in [5, 5.41) is 11.5. The van der Waals surface area contributed by atoms with E-state index in [0.717, 1.165) is 18.8 Å². The summed E-state index contributed by atoms with van der Waals surface area (Å²) in [7, 11) is 1.56. The quantitative estimate of drug-likeness (QED) is 0.192. The van der Waals surface area contributed by atoms with E-state index in [1.165, 1.54) is 4.90 Å². The summed E-state index contributed by atoms with van der Waals surface area (Å²) in [5.74, 6) is -0.216. The standard InChI is InChI=1S/C32H36N2O5/c1-6-33(7-2)24-14-16-25(17-15-24)34-29(22-10-8-12-26(18-22)38-5)28(31(36)32(34)37)30(35)23-11-9-13-27(19-23)39-20-21(3)4/h8-19,21,29,35H,6-7,20H2,1-5H3/b30-28-. The van der Waals surface area contributed by atoms with Gasteiger partial charge in [0.05, 0.1) is 25.3 Å². The molecule has 7 nitrogen and oxygen atoms in total. The van der Waals surface area contributed by atoms with Crippen LogP contribution in [0.1, 0.15) is 44.9 Å². The number of amides is 1. The van der Waals surface area contributed by atoms with Gasteiger partial charge in [0.15, 0.2) is 0 Å². The Morgan fingerprint density at radius 2 is 1.62 bits per heavy atom. The molecule has 7 heteroatoms. The molecular weight excluding hydrogens is 492 g/mol. The van der Waals surface area contributed by atoms with E-state index in [0.29, 0.717) is 40.8 Å². The van der Waals surface area contributed by atoms with Crippen molar-refractivity contribution in [3.05, 3.63) is 89.5 Å². The van der Waals surface area contributed by atoms with Crippen molar-refractivity contribution in [1.29, 1.82) is 0 Å². The van der Waals surface area contributed by atoms with Gasteiger partial charge in [-0.3, -0.25) is 14.5 Å². The zero-order chi connectivity index (χ0) is 28.1. The molecule has 1 N–H and O–H groups in total. The summed E-state index contributed by atoms with van der Waals surface area (Å²) in [5.41, 5.74) is 2.65. The summed E-state index contributed by atoms with van der Waals surface area (Å²) >= 11 is 0. The second-order valence-electron chi connectivity index (χ2n) is 9.87. The fourth-order valence-electron chi connectivity index (χ4n) is 4.79. The molecule has 0 spiro atoms. The first-order valence-electron chi connectivity index (χ1n) is 13.3. The fraction of sp³-hybridized carbons (Fsp3) is 0.312. The molecule has 0 radical (unpaired) electrons. The smallest absolute Gasteiger partial charge is 0.300 e. The molecular formula is C32H36N2O5. The number of hydrogen-bond acceptors (Lipinski definition) is 6. The lowest BCUT2D eigenvalue weighted by atomic mass is 9.95. The van der Waals surface area contributed by atoms with Crippen LogP contribution in [0, 0.1) is 5.92 Å². The summed E-state index contributed by atoms with van der Waals surface area (Å²) < 4.78 is 11.3. The van der Waals surface area contributed by atoms with Gasteiger partial charge in [0.1, 0.15) is 17.3 Å². The molecule has 0 bridgehead atoms. The summed E-state index contributed by atoms with van der Waals surface area (Å²) in [6, 6.07) is 20.9. The van der Waals surface area contributed by atoms with Crippen molar-refractivity contribution in [2.24, 2.45) is 5.92 Å². The Labute approximate surface area is 230 Å². The molecule has 4 rings (SSSR count). The highest BCUT2D eigenvalue weighted by Gasteiger charge is 2.47. The third kappa shape index (κ3) is 5.77. The molecule has 0 aliphatic carbocycles. The molecule has 1 aliphatic heterocycles. The van der Waals surface area contributed by atoms with Crippen LogP contribution in [-0.2, 0) is 9.59 Å². The maximum atomic E-state index is 13.5. The molecule has 1 atom stereocenters.